The van der Waals surface area contributed by atoms with Gasteiger partial charge in [-0.3, -0.25) is 4.98 Å². The van der Waals surface area contributed by atoms with Crippen LogP contribution in [-0.2, 0) is 0 Å². The zero-order chi connectivity index (χ0) is 20.6. The fraction of sp³-hybridized carbons (Fsp3) is 0.158. The van der Waals surface area contributed by atoms with Crippen LogP contribution in [0.2, 0.25) is 5.02 Å². The van der Waals surface area contributed by atoms with Gasteiger partial charge < -0.3 is 11.1 Å². The summed E-state index contributed by atoms with van der Waals surface area (Å²) in [5, 5.41) is 12.4. The van der Waals surface area contributed by atoms with Crippen molar-refractivity contribution in [2.45, 2.75) is 6.04 Å². The predicted octanol–water partition coefficient (Wildman–Crippen LogP) is 3.91. The van der Waals surface area contributed by atoms with E-state index in [2.05, 4.69) is 25.6 Å². The van der Waals surface area contributed by atoms with Crippen molar-refractivity contribution in [3.8, 4) is 11.1 Å². The van der Waals surface area contributed by atoms with Crippen molar-refractivity contribution in [2.24, 2.45) is 0 Å². The number of halogens is 3. The van der Waals surface area contributed by atoms with Crippen molar-refractivity contribution in [1.29, 1.82) is 0 Å². The summed E-state index contributed by atoms with van der Waals surface area (Å²) >= 11 is 7.56. The topological polar surface area (TPSA) is 94.5 Å². The summed E-state index contributed by atoms with van der Waals surface area (Å²) in [6.45, 7) is 1.52. The van der Waals surface area contributed by atoms with Crippen LogP contribution in [0.3, 0.4) is 0 Å². The number of nitrogens with one attached hydrogen (secondary N) is 1. The number of fused-ring (bicyclic) bond motifs is 4. The number of hydrogen-bond acceptors (Lipinski definition) is 7. The Hall–Kier alpha value is -2.95. The zero-order valence-electron chi connectivity index (χ0n) is 15.2. The highest BCUT2D eigenvalue weighted by molar-refractivity contribution is 7.22. The van der Waals surface area contributed by atoms with Gasteiger partial charge in [-0.05, 0) is 18.2 Å². The molecule has 2 aromatic carbocycles. The van der Waals surface area contributed by atoms with E-state index in [1.165, 1.54) is 18.3 Å². The Morgan fingerprint density at radius 2 is 2.07 bits per heavy atom. The average molecular weight is 444 g/mol. The smallest absolute Gasteiger partial charge is 0.181 e. The van der Waals surface area contributed by atoms with Gasteiger partial charge in [-0.2, -0.15) is 0 Å². The SMILES string of the molecule is Nc1nc2c(-c3c(Cl)cc4c(ncc5nnn(C6CNC6)c54)c3F)ccc(F)c2s1. The summed E-state index contributed by atoms with van der Waals surface area (Å²) in [5.41, 5.74) is 7.89. The Morgan fingerprint density at radius 3 is 2.83 bits per heavy atom. The van der Waals surface area contributed by atoms with E-state index < -0.39 is 11.6 Å². The molecular weight excluding hydrogens is 432 g/mol. The highest BCUT2D eigenvalue weighted by atomic mass is 35.5. The molecule has 1 saturated heterocycles. The zero-order valence-corrected chi connectivity index (χ0v) is 16.7. The third-order valence-electron chi connectivity index (χ3n) is 5.37. The lowest BCUT2D eigenvalue weighted by Gasteiger charge is -2.27. The van der Waals surface area contributed by atoms with Crippen molar-refractivity contribution in [2.75, 3.05) is 18.8 Å². The van der Waals surface area contributed by atoms with Gasteiger partial charge in [0, 0.05) is 29.6 Å². The molecule has 4 heterocycles. The van der Waals surface area contributed by atoms with Gasteiger partial charge in [-0.1, -0.05) is 28.2 Å². The van der Waals surface area contributed by atoms with Crippen molar-refractivity contribution in [3.63, 3.8) is 0 Å². The Labute approximate surface area is 176 Å². The van der Waals surface area contributed by atoms with E-state index >= 15 is 4.39 Å². The van der Waals surface area contributed by atoms with Crippen molar-refractivity contribution in [3.05, 3.63) is 41.1 Å². The maximum absolute atomic E-state index is 15.8. The molecule has 5 aromatic rings. The molecule has 0 radical (unpaired) electrons. The van der Waals surface area contributed by atoms with E-state index in [1.807, 2.05) is 0 Å². The summed E-state index contributed by atoms with van der Waals surface area (Å²) in [7, 11) is 0. The second-order valence-corrected chi connectivity index (χ2v) is 8.54. The highest BCUT2D eigenvalue weighted by Gasteiger charge is 2.26. The molecule has 150 valence electrons. The molecule has 3 N–H and O–H groups in total. The Morgan fingerprint density at radius 1 is 1.23 bits per heavy atom. The number of nitrogen functional groups attached to an aromatic ring is 1. The average Bonchev–Trinajstić information content (AvgIpc) is 3.26. The van der Waals surface area contributed by atoms with Gasteiger partial charge in [0.1, 0.15) is 22.4 Å². The molecular formula is C19H12ClF2N7S. The molecule has 0 spiro atoms. The van der Waals surface area contributed by atoms with Crippen molar-refractivity contribution < 1.29 is 8.78 Å². The molecule has 0 aliphatic carbocycles. The van der Waals surface area contributed by atoms with E-state index in [9.17, 15) is 4.39 Å². The molecule has 1 aliphatic rings. The molecule has 0 atom stereocenters. The van der Waals surface area contributed by atoms with Gasteiger partial charge in [-0.25, -0.2) is 18.4 Å². The van der Waals surface area contributed by atoms with E-state index in [0.717, 1.165) is 24.4 Å². The highest BCUT2D eigenvalue weighted by Crippen LogP contribution is 2.42. The normalized spacial score (nSPS) is 14.8. The molecule has 0 saturated carbocycles. The first-order valence-corrected chi connectivity index (χ1v) is 10.3. The maximum atomic E-state index is 15.8. The minimum Gasteiger partial charge on any atom is -0.375 e. The summed E-state index contributed by atoms with van der Waals surface area (Å²) in [4.78, 5) is 8.46. The summed E-state index contributed by atoms with van der Waals surface area (Å²) in [5.74, 6) is -1.08. The fourth-order valence-electron chi connectivity index (χ4n) is 3.84. The lowest BCUT2D eigenvalue weighted by atomic mass is 10.0. The molecule has 0 unspecified atom stereocenters. The molecule has 0 amide bonds. The van der Waals surface area contributed by atoms with Crippen LogP contribution in [0.1, 0.15) is 6.04 Å². The first kappa shape index (κ1) is 17.9. The summed E-state index contributed by atoms with van der Waals surface area (Å²) < 4.78 is 32.0. The van der Waals surface area contributed by atoms with Crippen LogP contribution in [0.15, 0.2) is 24.4 Å². The second kappa shape index (κ2) is 6.27. The van der Waals surface area contributed by atoms with Crippen LogP contribution >= 0.6 is 22.9 Å². The van der Waals surface area contributed by atoms with Crippen molar-refractivity contribution in [1.82, 2.24) is 30.3 Å². The maximum Gasteiger partial charge on any atom is 0.181 e. The number of anilines is 1. The largest absolute Gasteiger partial charge is 0.375 e. The molecule has 0 bridgehead atoms. The van der Waals surface area contributed by atoms with E-state index in [1.54, 1.807) is 10.7 Å². The Balaban J connectivity index is 1.67. The Bertz CT molecular complexity index is 1490. The first-order valence-electron chi connectivity index (χ1n) is 9.10. The van der Waals surface area contributed by atoms with Gasteiger partial charge in [0.25, 0.3) is 0 Å². The minimum absolute atomic E-state index is 0.107. The van der Waals surface area contributed by atoms with Crippen LogP contribution in [0.4, 0.5) is 13.9 Å². The monoisotopic (exact) mass is 443 g/mol. The number of rotatable bonds is 2. The van der Waals surface area contributed by atoms with Crippen LogP contribution in [0.5, 0.6) is 0 Å². The van der Waals surface area contributed by atoms with Crippen molar-refractivity contribution >= 4 is 60.2 Å². The predicted molar refractivity (Wildman–Crippen MR) is 113 cm³/mol. The van der Waals surface area contributed by atoms with E-state index in [-0.39, 0.29) is 37.5 Å². The number of hydrogen-bond donors (Lipinski definition) is 2. The molecule has 1 aliphatic heterocycles. The molecule has 6 rings (SSSR count). The summed E-state index contributed by atoms with van der Waals surface area (Å²) in [6, 6.07) is 4.50. The molecule has 30 heavy (non-hydrogen) atoms. The third-order valence-corrected chi connectivity index (χ3v) is 6.56. The molecule has 7 nitrogen and oxygen atoms in total. The Kier molecular flexibility index (Phi) is 3.74. The number of pyridine rings is 1. The van der Waals surface area contributed by atoms with Crippen LogP contribution in [-0.4, -0.2) is 38.1 Å². The van der Waals surface area contributed by atoms with Crippen LogP contribution in [0.25, 0.3) is 43.3 Å². The van der Waals surface area contributed by atoms with Crippen LogP contribution in [0, 0.1) is 11.6 Å². The molecule has 11 heteroatoms. The lowest BCUT2D eigenvalue weighted by molar-refractivity contribution is 0.321. The minimum atomic E-state index is -0.613. The van der Waals surface area contributed by atoms with Gasteiger partial charge in [0.2, 0.25) is 0 Å². The molecule has 3 aromatic heterocycles. The van der Waals surface area contributed by atoms with Gasteiger partial charge in [0.15, 0.2) is 10.9 Å². The number of nitrogens with two attached hydrogens (primary N) is 1. The second-order valence-electron chi connectivity index (χ2n) is 7.11. The number of thiazole rings is 1. The number of nitrogens with zero attached hydrogens (tertiary/aromatic N) is 5. The standard InChI is InChI=1S/C19H12ClF2N7S/c20-10-3-9-15(25-6-12-17(9)29(28-27-12)7-4-24-5-7)14(22)13(10)8-1-2-11(21)18-16(8)26-19(23)30-18/h1-3,6-7,24H,4-5H2,(H2,23,26). The quantitative estimate of drug-likeness (QED) is 0.429. The number of benzene rings is 2. The van der Waals surface area contributed by atoms with E-state index in [4.69, 9.17) is 17.3 Å². The summed E-state index contributed by atoms with van der Waals surface area (Å²) in [6.07, 6.45) is 1.50. The molecule has 1 fully saturated rings. The van der Waals surface area contributed by atoms with Crippen LogP contribution < -0.4 is 11.1 Å². The number of aromatic nitrogens is 5. The lowest BCUT2D eigenvalue weighted by Crippen LogP contribution is -2.43. The first-order chi connectivity index (χ1) is 14.5. The van der Waals surface area contributed by atoms with Gasteiger partial charge in [0.05, 0.1) is 27.5 Å². The van der Waals surface area contributed by atoms with E-state index in [0.29, 0.717) is 22.0 Å². The van der Waals surface area contributed by atoms with Gasteiger partial charge >= 0.3 is 0 Å². The fourth-order valence-corrected chi connectivity index (χ4v) is 4.90. The van der Waals surface area contributed by atoms with Gasteiger partial charge in [-0.15, -0.1) is 5.10 Å². The third kappa shape index (κ3) is 2.38.